The van der Waals surface area contributed by atoms with Gasteiger partial charge in [-0.05, 0) is 25.1 Å². The van der Waals surface area contributed by atoms with E-state index >= 15 is 0 Å². The average Bonchev–Trinajstić information content (AvgIpc) is 2.91. The number of hydrogen-bond acceptors (Lipinski definition) is 4. The molecule has 0 aliphatic heterocycles. The second-order valence-corrected chi connectivity index (χ2v) is 6.96. The van der Waals surface area contributed by atoms with E-state index in [1.165, 1.54) is 0 Å². The molecule has 7 heteroatoms. The van der Waals surface area contributed by atoms with E-state index in [1.807, 2.05) is 49.0 Å². The second-order valence-electron chi connectivity index (χ2n) is 6.96. The highest BCUT2D eigenvalue weighted by Crippen LogP contribution is 2.43. The van der Waals surface area contributed by atoms with Crippen LogP contribution in [0.2, 0.25) is 0 Å². The van der Waals surface area contributed by atoms with Crippen LogP contribution in [0.4, 0.5) is 8.78 Å². The predicted octanol–water partition coefficient (Wildman–Crippen LogP) is 3.50. The summed E-state index contributed by atoms with van der Waals surface area (Å²) < 4.78 is 27.9. The number of carbonyl (C=O) groups excluding carboxylic acids is 1. The molecular formula is C19H18F2N4O. The summed E-state index contributed by atoms with van der Waals surface area (Å²) in [5, 5.41) is 9.09. The maximum atomic E-state index is 12.9. The van der Waals surface area contributed by atoms with Crippen LogP contribution in [0.3, 0.4) is 0 Å². The summed E-state index contributed by atoms with van der Waals surface area (Å²) >= 11 is 0. The van der Waals surface area contributed by atoms with Crippen molar-refractivity contribution in [1.29, 1.82) is 0 Å². The van der Waals surface area contributed by atoms with Crippen LogP contribution in [-0.4, -0.2) is 31.5 Å². The number of halogens is 2. The summed E-state index contributed by atoms with van der Waals surface area (Å²) in [6.07, 6.45) is 1.15. The van der Waals surface area contributed by atoms with E-state index in [0.29, 0.717) is 5.69 Å². The molecule has 2 heterocycles. The summed E-state index contributed by atoms with van der Waals surface area (Å²) in [5.74, 6) is -2.53. The van der Waals surface area contributed by atoms with E-state index in [9.17, 15) is 13.6 Å². The Hall–Kier alpha value is -2.70. The number of ketones is 1. The van der Waals surface area contributed by atoms with Gasteiger partial charge in [0.25, 0.3) is 0 Å². The third-order valence-corrected chi connectivity index (χ3v) is 5.05. The van der Waals surface area contributed by atoms with Crippen LogP contribution in [0, 0.1) is 12.8 Å². The van der Waals surface area contributed by atoms with Gasteiger partial charge in [-0.3, -0.25) is 4.79 Å². The molecule has 1 aliphatic carbocycles. The zero-order valence-corrected chi connectivity index (χ0v) is 14.5. The molecule has 5 nitrogen and oxygen atoms in total. The van der Waals surface area contributed by atoms with E-state index in [2.05, 4.69) is 15.2 Å². The molecule has 0 spiro atoms. The zero-order chi connectivity index (χ0) is 18.5. The largest absolute Gasteiger partial charge is 0.331 e. The van der Waals surface area contributed by atoms with Crippen molar-refractivity contribution in [3.8, 4) is 11.3 Å². The van der Waals surface area contributed by atoms with Gasteiger partial charge >= 0.3 is 0 Å². The summed E-state index contributed by atoms with van der Waals surface area (Å²) in [6.45, 7) is 1.93. The highest BCUT2D eigenvalue weighted by atomic mass is 19.3. The Labute approximate surface area is 149 Å². The average molecular weight is 356 g/mol. The first-order valence-corrected chi connectivity index (χ1v) is 8.48. The van der Waals surface area contributed by atoms with Crippen molar-refractivity contribution in [2.24, 2.45) is 13.0 Å². The van der Waals surface area contributed by atoms with Crippen LogP contribution in [0.25, 0.3) is 22.2 Å². The molecule has 26 heavy (non-hydrogen) atoms. The van der Waals surface area contributed by atoms with Crippen molar-refractivity contribution in [2.75, 3.05) is 0 Å². The number of nitrogens with zero attached hydrogens (tertiary/aromatic N) is 4. The van der Waals surface area contributed by atoms with Crippen LogP contribution in [0.1, 0.15) is 24.4 Å². The molecule has 3 aromatic rings. The van der Waals surface area contributed by atoms with Crippen molar-refractivity contribution in [1.82, 2.24) is 19.7 Å². The molecule has 0 saturated heterocycles. The number of imidazole rings is 1. The lowest BCUT2D eigenvalue weighted by atomic mass is 9.77. The summed E-state index contributed by atoms with van der Waals surface area (Å²) in [6, 6.07) is 7.61. The number of Topliss-reactive ketones (excluding diaryl/α,β-unsaturated/α-hetero) is 1. The second kappa shape index (κ2) is 5.93. The number of hydrogen-bond donors (Lipinski definition) is 0. The van der Waals surface area contributed by atoms with Gasteiger partial charge in [0.2, 0.25) is 5.92 Å². The van der Waals surface area contributed by atoms with Gasteiger partial charge in [0.05, 0.1) is 29.5 Å². The van der Waals surface area contributed by atoms with Gasteiger partial charge < -0.3 is 4.57 Å². The summed E-state index contributed by atoms with van der Waals surface area (Å²) in [5.41, 5.74) is 3.20. The summed E-state index contributed by atoms with van der Waals surface area (Å²) in [7, 11) is 1.95. The van der Waals surface area contributed by atoms with Crippen LogP contribution in [0.5, 0.6) is 0 Å². The van der Waals surface area contributed by atoms with Crippen molar-refractivity contribution >= 4 is 16.7 Å². The van der Waals surface area contributed by atoms with Crippen molar-refractivity contribution in [3.63, 3.8) is 0 Å². The molecule has 134 valence electrons. The third-order valence-electron chi connectivity index (χ3n) is 5.05. The Kier molecular flexibility index (Phi) is 3.82. The minimum Gasteiger partial charge on any atom is -0.331 e. The molecule has 1 aromatic carbocycles. The molecule has 1 fully saturated rings. The first-order valence-electron chi connectivity index (χ1n) is 8.48. The first kappa shape index (κ1) is 16.8. The molecule has 0 atom stereocenters. The van der Waals surface area contributed by atoms with E-state index in [1.54, 1.807) is 0 Å². The Bertz CT molecular complexity index is 1000. The van der Waals surface area contributed by atoms with E-state index in [4.69, 9.17) is 0 Å². The normalized spacial score (nSPS) is 16.6. The smallest absolute Gasteiger partial charge is 0.249 e. The van der Waals surface area contributed by atoms with Crippen LogP contribution >= 0.6 is 0 Å². The number of rotatable bonds is 4. The van der Waals surface area contributed by atoms with Crippen LogP contribution in [0.15, 0.2) is 30.5 Å². The number of alkyl halides is 2. The lowest BCUT2D eigenvalue weighted by Gasteiger charge is -2.33. The lowest BCUT2D eigenvalue weighted by molar-refractivity contribution is -0.147. The predicted molar refractivity (Wildman–Crippen MR) is 92.9 cm³/mol. The van der Waals surface area contributed by atoms with Crippen LogP contribution < -0.4 is 0 Å². The van der Waals surface area contributed by atoms with Gasteiger partial charge in [-0.2, -0.15) is 10.2 Å². The maximum absolute atomic E-state index is 12.9. The number of carbonyl (C=O) groups is 1. The van der Waals surface area contributed by atoms with E-state index in [0.717, 1.165) is 28.0 Å². The lowest BCUT2D eigenvalue weighted by Crippen LogP contribution is -2.40. The zero-order valence-electron chi connectivity index (χ0n) is 14.5. The van der Waals surface area contributed by atoms with E-state index < -0.39 is 11.8 Å². The number of aryl methyl sites for hydroxylation is 1. The van der Waals surface area contributed by atoms with Gasteiger partial charge in [-0.1, -0.05) is 6.07 Å². The Morgan fingerprint density at radius 1 is 1.27 bits per heavy atom. The fourth-order valence-corrected chi connectivity index (χ4v) is 3.32. The highest BCUT2D eigenvalue weighted by molar-refractivity contribution is 5.87. The maximum Gasteiger partial charge on any atom is 0.249 e. The molecule has 0 amide bonds. The molecule has 2 aromatic heterocycles. The molecular weight excluding hydrogens is 338 g/mol. The topological polar surface area (TPSA) is 60.7 Å². The van der Waals surface area contributed by atoms with Crippen molar-refractivity contribution in [3.05, 3.63) is 42.0 Å². The number of fused-ring (bicyclic) bond motifs is 1. The van der Waals surface area contributed by atoms with Crippen molar-refractivity contribution in [2.45, 2.75) is 32.1 Å². The van der Waals surface area contributed by atoms with Gasteiger partial charge in [0, 0.05) is 36.8 Å². The quantitative estimate of drug-likeness (QED) is 0.718. The number of benzene rings is 1. The summed E-state index contributed by atoms with van der Waals surface area (Å²) in [4.78, 5) is 16.4. The molecule has 4 rings (SSSR count). The molecule has 1 aliphatic rings. The van der Waals surface area contributed by atoms with Crippen molar-refractivity contribution < 1.29 is 13.6 Å². The number of aromatic nitrogens is 4. The fraction of sp³-hybridized carbons (Fsp3) is 0.368. The van der Waals surface area contributed by atoms with Gasteiger partial charge in [-0.15, -0.1) is 0 Å². The highest BCUT2D eigenvalue weighted by Gasteiger charge is 2.48. The monoisotopic (exact) mass is 356 g/mol. The standard InChI is InChI=1S/C19H18F2N4O/c1-11-22-10-17(25(11)2)12-3-4-16-13(5-12)6-15(23-24-16)7-18(26)14-8-19(20,21)9-14/h3-6,10,14H,7-9H2,1-2H3. The minimum absolute atomic E-state index is 0.0404. The Morgan fingerprint density at radius 2 is 2.04 bits per heavy atom. The van der Waals surface area contributed by atoms with Gasteiger partial charge in [0.15, 0.2) is 0 Å². The first-order chi connectivity index (χ1) is 12.3. The Balaban J connectivity index is 1.60. The molecule has 0 N–H and O–H groups in total. The molecule has 0 bridgehead atoms. The minimum atomic E-state index is -2.69. The van der Waals surface area contributed by atoms with Gasteiger partial charge in [-0.25, -0.2) is 13.8 Å². The van der Waals surface area contributed by atoms with Crippen LogP contribution in [-0.2, 0) is 18.3 Å². The van der Waals surface area contributed by atoms with E-state index in [-0.39, 0.29) is 25.0 Å². The molecule has 0 unspecified atom stereocenters. The SMILES string of the molecule is Cc1ncc(-c2ccc3nnc(CC(=O)C4CC(F)(F)C4)cc3c2)n1C. The Morgan fingerprint density at radius 3 is 2.69 bits per heavy atom. The molecule has 1 saturated carbocycles. The van der Waals surface area contributed by atoms with Gasteiger partial charge in [0.1, 0.15) is 11.6 Å². The fourth-order valence-electron chi connectivity index (χ4n) is 3.32. The molecule has 0 radical (unpaired) electrons. The third kappa shape index (κ3) is 2.98.